The lowest BCUT2D eigenvalue weighted by molar-refractivity contribution is 0.0527. The van der Waals surface area contributed by atoms with Gasteiger partial charge < -0.3 is 14.6 Å². The quantitative estimate of drug-likeness (QED) is 0.807. The molecule has 3 rings (SSSR count). The number of aromatic nitrogens is 2. The molecule has 0 spiro atoms. The number of rotatable bonds is 4. The van der Waals surface area contributed by atoms with E-state index in [0.29, 0.717) is 24.1 Å². The first-order valence-electron chi connectivity index (χ1n) is 8.48. The summed E-state index contributed by atoms with van der Waals surface area (Å²) in [5.74, 6) is 0.349. The molecule has 1 fully saturated rings. The highest BCUT2D eigenvalue weighted by atomic mass is 35.5. The average Bonchev–Trinajstić information content (AvgIpc) is 2.87. The molecule has 1 N–H and O–H groups in total. The van der Waals surface area contributed by atoms with Crippen LogP contribution in [0.25, 0.3) is 11.0 Å². The number of piperidine rings is 1. The van der Waals surface area contributed by atoms with Crippen molar-refractivity contribution in [3.05, 3.63) is 29.6 Å². The molecule has 1 atom stereocenters. The maximum Gasteiger partial charge on any atom is 0.340 e. The van der Waals surface area contributed by atoms with Gasteiger partial charge in [-0.15, -0.1) is 24.8 Å². The lowest BCUT2D eigenvalue weighted by Gasteiger charge is -2.30. The Morgan fingerprint density at radius 1 is 1.40 bits per heavy atom. The molecule has 0 saturated carbocycles. The van der Waals surface area contributed by atoms with Gasteiger partial charge in [-0.05, 0) is 64.8 Å². The summed E-state index contributed by atoms with van der Waals surface area (Å²) in [5.41, 5.74) is 2.51. The minimum absolute atomic E-state index is 0. The zero-order valence-electron chi connectivity index (χ0n) is 14.9. The van der Waals surface area contributed by atoms with E-state index in [2.05, 4.69) is 21.8 Å². The molecule has 0 unspecified atom stereocenters. The highest BCUT2D eigenvalue weighted by Crippen LogP contribution is 2.34. The molecule has 0 bridgehead atoms. The number of carbonyl (C=O) groups is 1. The molecule has 3 heterocycles. The van der Waals surface area contributed by atoms with E-state index in [1.165, 1.54) is 0 Å². The Bertz CT molecular complexity index is 712. The summed E-state index contributed by atoms with van der Waals surface area (Å²) >= 11 is 0. The summed E-state index contributed by atoms with van der Waals surface area (Å²) in [4.78, 5) is 17.0. The second-order valence-electron chi connectivity index (χ2n) is 6.25. The Morgan fingerprint density at radius 2 is 2.08 bits per heavy atom. The number of nitrogens with one attached hydrogen (secondary N) is 1. The average molecular weight is 388 g/mol. The van der Waals surface area contributed by atoms with E-state index in [9.17, 15) is 4.79 Å². The van der Waals surface area contributed by atoms with Gasteiger partial charge in [0.25, 0.3) is 0 Å². The van der Waals surface area contributed by atoms with Gasteiger partial charge in [0.2, 0.25) is 0 Å². The molecule has 1 aliphatic heterocycles. The third-order valence-corrected chi connectivity index (χ3v) is 4.96. The van der Waals surface area contributed by atoms with Crippen molar-refractivity contribution < 1.29 is 9.53 Å². The van der Waals surface area contributed by atoms with Crippen LogP contribution in [0.3, 0.4) is 0 Å². The first-order valence-corrected chi connectivity index (χ1v) is 8.48. The lowest BCUT2D eigenvalue weighted by atomic mass is 9.91. The van der Waals surface area contributed by atoms with E-state index in [-0.39, 0.29) is 30.8 Å². The van der Waals surface area contributed by atoms with Crippen molar-refractivity contribution in [3.8, 4) is 0 Å². The Labute approximate surface area is 161 Å². The lowest BCUT2D eigenvalue weighted by Crippen LogP contribution is -2.32. The van der Waals surface area contributed by atoms with Crippen molar-refractivity contribution in [1.82, 2.24) is 14.9 Å². The molecule has 0 aromatic carbocycles. The van der Waals surface area contributed by atoms with Gasteiger partial charge in [-0.1, -0.05) is 0 Å². The fourth-order valence-corrected chi connectivity index (χ4v) is 3.76. The topological polar surface area (TPSA) is 56.1 Å². The van der Waals surface area contributed by atoms with Crippen LogP contribution < -0.4 is 5.32 Å². The van der Waals surface area contributed by atoms with E-state index < -0.39 is 0 Å². The molecule has 7 heteroatoms. The van der Waals surface area contributed by atoms with Gasteiger partial charge in [0.1, 0.15) is 5.65 Å². The molecule has 0 aliphatic carbocycles. The first-order chi connectivity index (χ1) is 11.1. The maximum absolute atomic E-state index is 12.4. The van der Waals surface area contributed by atoms with E-state index in [0.717, 1.165) is 42.7 Å². The highest BCUT2D eigenvalue weighted by Gasteiger charge is 2.28. The monoisotopic (exact) mass is 387 g/mol. The molecule has 5 nitrogen and oxygen atoms in total. The second-order valence-corrected chi connectivity index (χ2v) is 6.25. The molecule has 1 aliphatic rings. The number of pyridine rings is 1. The predicted octanol–water partition coefficient (Wildman–Crippen LogP) is 3.93. The van der Waals surface area contributed by atoms with Crippen LogP contribution in [0.1, 0.15) is 48.8 Å². The molecule has 2 aromatic heterocycles. The number of ether oxygens (including phenoxy) is 1. The van der Waals surface area contributed by atoms with Crippen molar-refractivity contribution in [2.45, 2.75) is 39.7 Å². The Hall–Kier alpha value is -1.30. The van der Waals surface area contributed by atoms with Crippen LogP contribution in [-0.2, 0) is 4.74 Å². The van der Waals surface area contributed by atoms with Gasteiger partial charge in [0.05, 0.1) is 12.2 Å². The van der Waals surface area contributed by atoms with Gasteiger partial charge in [-0.25, -0.2) is 9.78 Å². The largest absolute Gasteiger partial charge is 0.462 e. The Balaban J connectivity index is 0.00000156. The first kappa shape index (κ1) is 21.7. The summed E-state index contributed by atoms with van der Waals surface area (Å²) in [6.45, 7) is 8.59. The number of hydrogen-bond acceptors (Lipinski definition) is 4. The second kappa shape index (κ2) is 9.41. The van der Waals surface area contributed by atoms with Crippen molar-refractivity contribution in [1.29, 1.82) is 0 Å². The van der Waals surface area contributed by atoms with Crippen LogP contribution in [0.5, 0.6) is 0 Å². The van der Waals surface area contributed by atoms with E-state index >= 15 is 0 Å². The number of carbonyl (C=O) groups excluding carboxylic acids is 1. The molecule has 25 heavy (non-hydrogen) atoms. The Kier molecular flexibility index (Phi) is 8.19. The van der Waals surface area contributed by atoms with Gasteiger partial charge >= 0.3 is 5.97 Å². The molecular formula is C18H27Cl2N3O2. The van der Waals surface area contributed by atoms with Gasteiger partial charge in [0.15, 0.2) is 0 Å². The van der Waals surface area contributed by atoms with E-state index in [1.807, 2.05) is 26.0 Å². The zero-order chi connectivity index (χ0) is 16.4. The molecule has 1 saturated heterocycles. The summed E-state index contributed by atoms with van der Waals surface area (Å²) in [6, 6.07) is 4.16. The zero-order valence-corrected chi connectivity index (χ0v) is 16.6. The van der Waals surface area contributed by atoms with Crippen LogP contribution in [0, 0.1) is 12.8 Å². The molecular weight excluding hydrogens is 361 g/mol. The number of nitrogens with zero attached hydrogens (tertiary/aromatic N) is 2. The van der Waals surface area contributed by atoms with Crippen molar-refractivity contribution in [3.63, 3.8) is 0 Å². The van der Waals surface area contributed by atoms with Crippen LogP contribution in [-0.4, -0.2) is 35.2 Å². The van der Waals surface area contributed by atoms with E-state index in [1.54, 1.807) is 6.20 Å². The van der Waals surface area contributed by atoms with Gasteiger partial charge in [-0.2, -0.15) is 0 Å². The number of hydrogen-bond donors (Lipinski definition) is 1. The fraction of sp³-hybridized carbons (Fsp3) is 0.556. The summed E-state index contributed by atoms with van der Waals surface area (Å²) < 4.78 is 7.50. The van der Waals surface area contributed by atoms with E-state index in [4.69, 9.17) is 4.74 Å². The minimum atomic E-state index is -0.251. The normalized spacial score (nSPS) is 16.0. The summed E-state index contributed by atoms with van der Waals surface area (Å²) in [6.07, 6.45) is 4.10. The number of halogens is 2. The molecule has 0 amide bonds. The highest BCUT2D eigenvalue weighted by molar-refractivity contribution is 6.05. The SMILES string of the molecule is CCOC(=O)c1c(C)n([C@H](C)C2CCNCC2)c2ncccc12.Cl.Cl. The van der Waals surface area contributed by atoms with Crippen molar-refractivity contribution in [2.24, 2.45) is 5.92 Å². The van der Waals surface area contributed by atoms with Crippen LogP contribution >= 0.6 is 24.8 Å². The maximum atomic E-state index is 12.4. The van der Waals surface area contributed by atoms with Crippen LogP contribution in [0.2, 0.25) is 0 Å². The third kappa shape index (κ3) is 4.10. The smallest absolute Gasteiger partial charge is 0.340 e. The summed E-state index contributed by atoms with van der Waals surface area (Å²) in [7, 11) is 0. The third-order valence-electron chi connectivity index (χ3n) is 4.96. The molecule has 0 radical (unpaired) electrons. The predicted molar refractivity (Wildman–Crippen MR) is 105 cm³/mol. The molecule has 140 valence electrons. The van der Waals surface area contributed by atoms with Crippen molar-refractivity contribution in [2.75, 3.05) is 19.7 Å². The van der Waals surface area contributed by atoms with Crippen LogP contribution in [0.15, 0.2) is 18.3 Å². The van der Waals surface area contributed by atoms with Gasteiger partial charge in [0, 0.05) is 23.3 Å². The molecule has 2 aromatic rings. The Morgan fingerprint density at radius 3 is 2.72 bits per heavy atom. The summed E-state index contributed by atoms with van der Waals surface area (Å²) in [5, 5.41) is 4.31. The number of esters is 1. The minimum Gasteiger partial charge on any atom is -0.462 e. The fourth-order valence-electron chi connectivity index (χ4n) is 3.76. The van der Waals surface area contributed by atoms with Gasteiger partial charge in [-0.3, -0.25) is 0 Å². The van der Waals surface area contributed by atoms with Crippen molar-refractivity contribution >= 4 is 41.8 Å². The van der Waals surface area contributed by atoms with Crippen LogP contribution in [0.4, 0.5) is 0 Å². The number of fused-ring (bicyclic) bond motifs is 1. The standard InChI is InChI=1S/C18H25N3O2.2ClH/c1-4-23-18(22)16-13(3)21(17-15(16)6-5-9-20-17)12(2)14-7-10-19-11-8-14;;/h5-6,9,12,14,19H,4,7-8,10-11H2,1-3H3;2*1H/t12-;;/m1../s1.